The number of fused-ring (bicyclic) bond motifs is 1. The van der Waals surface area contributed by atoms with Crippen molar-refractivity contribution in [3.05, 3.63) is 24.3 Å². The van der Waals surface area contributed by atoms with Gasteiger partial charge in [-0.1, -0.05) is 12.1 Å². The van der Waals surface area contributed by atoms with Gasteiger partial charge >= 0.3 is 6.03 Å². The molecule has 3 rings (SSSR count). The van der Waals surface area contributed by atoms with Crippen LogP contribution in [-0.2, 0) is 7.05 Å². The average Bonchev–Trinajstić information content (AvgIpc) is 2.77. The Balaban J connectivity index is 1.81. The molecule has 1 aromatic carbocycles. The van der Waals surface area contributed by atoms with Crippen molar-refractivity contribution < 1.29 is 4.79 Å². The second-order valence-electron chi connectivity index (χ2n) is 4.96. The summed E-state index contributed by atoms with van der Waals surface area (Å²) in [5.74, 6) is 0.608. The quantitative estimate of drug-likeness (QED) is 0.854. The smallest absolute Gasteiger partial charge is 0.324 e. The third-order valence-corrected chi connectivity index (χ3v) is 3.65. The number of amides is 2. The number of urea groups is 1. The first-order valence-corrected chi connectivity index (χ1v) is 6.73. The molecule has 0 radical (unpaired) electrons. The molecule has 0 unspecified atom stereocenters. The summed E-state index contributed by atoms with van der Waals surface area (Å²) < 4.78 is 1.91. The number of carbonyl (C=O) groups is 1. The number of hydrogen-bond acceptors (Lipinski definition) is 2. The largest absolute Gasteiger partial charge is 0.324 e. The normalized spacial score (nSPS) is 15.7. The van der Waals surface area contributed by atoms with Gasteiger partial charge in [0.1, 0.15) is 0 Å². The van der Waals surface area contributed by atoms with Gasteiger partial charge in [0.25, 0.3) is 0 Å². The van der Waals surface area contributed by atoms with Crippen LogP contribution in [0.15, 0.2) is 24.3 Å². The fraction of sp³-hybridized carbons (Fsp3) is 0.429. The van der Waals surface area contributed by atoms with Crippen LogP contribution in [0.2, 0.25) is 0 Å². The SMILES string of the molecule is Cn1c(NC(=O)N2CCCCC2)nc2ccccc21. The molecule has 0 atom stereocenters. The molecule has 1 N–H and O–H groups in total. The standard InChI is InChI=1S/C14H18N4O/c1-17-12-8-4-3-7-11(12)15-13(17)16-14(19)18-9-5-2-6-10-18/h3-4,7-8H,2,5-6,9-10H2,1H3,(H,15,16,19). The molecule has 0 bridgehead atoms. The zero-order valence-electron chi connectivity index (χ0n) is 11.1. The molecule has 2 amide bonds. The van der Waals surface area contributed by atoms with E-state index in [0.717, 1.165) is 37.0 Å². The predicted molar refractivity (Wildman–Crippen MR) is 75.2 cm³/mol. The molecule has 2 heterocycles. The number of anilines is 1. The van der Waals surface area contributed by atoms with Gasteiger partial charge in [0.05, 0.1) is 11.0 Å². The maximum absolute atomic E-state index is 12.2. The van der Waals surface area contributed by atoms with Gasteiger partial charge in [-0.25, -0.2) is 9.78 Å². The molecular weight excluding hydrogens is 240 g/mol. The molecule has 100 valence electrons. The summed E-state index contributed by atoms with van der Waals surface area (Å²) in [6.07, 6.45) is 3.40. The summed E-state index contributed by atoms with van der Waals surface area (Å²) in [5.41, 5.74) is 1.93. The number of likely N-dealkylation sites (tertiary alicyclic amines) is 1. The van der Waals surface area contributed by atoms with Crippen molar-refractivity contribution in [2.45, 2.75) is 19.3 Å². The molecule has 1 aliphatic heterocycles. The van der Waals surface area contributed by atoms with E-state index in [9.17, 15) is 4.79 Å². The highest BCUT2D eigenvalue weighted by molar-refractivity contribution is 5.90. The van der Waals surface area contributed by atoms with Crippen molar-refractivity contribution in [2.75, 3.05) is 18.4 Å². The molecule has 1 saturated heterocycles. The van der Waals surface area contributed by atoms with Crippen molar-refractivity contribution >= 4 is 23.0 Å². The van der Waals surface area contributed by atoms with Crippen LogP contribution in [0.4, 0.5) is 10.7 Å². The average molecular weight is 258 g/mol. The van der Waals surface area contributed by atoms with Crippen LogP contribution in [-0.4, -0.2) is 33.6 Å². The van der Waals surface area contributed by atoms with Gasteiger partial charge in [-0.2, -0.15) is 0 Å². The summed E-state index contributed by atoms with van der Waals surface area (Å²) in [4.78, 5) is 18.5. The Kier molecular flexibility index (Phi) is 3.11. The first kappa shape index (κ1) is 12.0. The Morgan fingerprint density at radius 1 is 1.21 bits per heavy atom. The Morgan fingerprint density at radius 2 is 1.95 bits per heavy atom. The number of benzene rings is 1. The van der Waals surface area contributed by atoms with Crippen LogP contribution >= 0.6 is 0 Å². The van der Waals surface area contributed by atoms with E-state index in [-0.39, 0.29) is 6.03 Å². The highest BCUT2D eigenvalue weighted by Crippen LogP contribution is 2.18. The minimum absolute atomic E-state index is 0.0434. The van der Waals surface area contributed by atoms with E-state index in [2.05, 4.69) is 10.3 Å². The van der Waals surface area contributed by atoms with E-state index in [1.165, 1.54) is 6.42 Å². The van der Waals surface area contributed by atoms with Gasteiger partial charge in [0, 0.05) is 20.1 Å². The third kappa shape index (κ3) is 2.28. The van der Waals surface area contributed by atoms with Crippen LogP contribution in [0.25, 0.3) is 11.0 Å². The lowest BCUT2D eigenvalue weighted by Gasteiger charge is -2.26. The van der Waals surface area contributed by atoms with E-state index in [4.69, 9.17) is 0 Å². The first-order chi connectivity index (χ1) is 9.25. The number of rotatable bonds is 1. The van der Waals surface area contributed by atoms with E-state index < -0.39 is 0 Å². The van der Waals surface area contributed by atoms with Crippen LogP contribution in [0.3, 0.4) is 0 Å². The summed E-state index contributed by atoms with van der Waals surface area (Å²) in [7, 11) is 1.92. The van der Waals surface area contributed by atoms with E-state index in [1.807, 2.05) is 40.8 Å². The number of carbonyl (C=O) groups excluding carboxylic acids is 1. The molecular formula is C14H18N4O. The number of aromatic nitrogens is 2. The number of imidazole rings is 1. The Labute approximate surface area is 112 Å². The summed E-state index contributed by atoms with van der Waals surface area (Å²) in [6.45, 7) is 1.69. The zero-order valence-corrected chi connectivity index (χ0v) is 11.1. The maximum atomic E-state index is 12.2. The highest BCUT2D eigenvalue weighted by Gasteiger charge is 2.18. The summed E-state index contributed by atoms with van der Waals surface area (Å²) >= 11 is 0. The Hall–Kier alpha value is -2.04. The fourth-order valence-electron chi connectivity index (χ4n) is 2.53. The fourth-order valence-corrected chi connectivity index (χ4v) is 2.53. The Bertz CT molecular complexity index is 599. The number of aryl methyl sites for hydroxylation is 1. The number of hydrogen-bond donors (Lipinski definition) is 1. The van der Waals surface area contributed by atoms with Crippen molar-refractivity contribution in [3.8, 4) is 0 Å². The van der Waals surface area contributed by atoms with Gasteiger partial charge in [-0.3, -0.25) is 5.32 Å². The summed E-state index contributed by atoms with van der Waals surface area (Å²) in [6, 6.07) is 7.83. The molecule has 5 heteroatoms. The zero-order chi connectivity index (χ0) is 13.2. The van der Waals surface area contributed by atoms with Crippen LogP contribution in [0.1, 0.15) is 19.3 Å². The second kappa shape index (κ2) is 4.91. The molecule has 0 saturated carbocycles. The van der Waals surface area contributed by atoms with Crippen LogP contribution < -0.4 is 5.32 Å². The molecule has 0 aliphatic carbocycles. The van der Waals surface area contributed by atoms with E-state index in [0.29, 0.717) is 5.95 Å². The van der Waals surface area contributed by atoms with Crippen molar-refractivity contribution in [3.63, 3.8) is 0 Å². The predicted octanol–water partition coefficient (Wildman–Crippen LogP) is 2.59. The number of piperidine rings is 1. The third-order valence-electron chi connectivity index (χ3n) is 3.65. The minimum atomic E-state index is -0.0434. The van der Waals surface area contributed by atoms with Gasteiger partial charge in [-0.15, -0.1) is 0 Å². The minimum Gasteiger partial charge on any atom is -0.324 e. The Morgan fingerprint density at radius 3 is 2.68 bits per heavy atom. The number of nitrogens with one attached hydrogen (secondary N) is 1. The van der Waals surface area contributed by atoms with E-state index >= 15 is 0 Å². The lowest BCUT2D eigenvalue weighted by Crippen LogP contribution is -2.39. The highest BCUT2D eigenvalue weighted by atomic mass is 16.2. The topological polar surface area (TPSA) is 50.2 Å². The van der Waals surface area contributed by atoms with Crippen molar-refractivity contribution in [1.82, 2.24) is 14.5 Å². The van der Waals surface area contributed by atoms with Gasteiger partial charge in [0.2, 0.25) is 5.95 Å². The van der Waals surface area contributed by atoms with Crippen molar-refractivity contribution in [1.29, 1.82) is 0 Å². The molecule has 1 aromatic heterocycles. The molecule has 5 nitrogen and oxygen atoms in total. The number of nitrogens with zero attached hydrogens (tertiary/aromatic N) is 3. The molecule has 1 fully saturated rings. The van der Waals surface area contributed by atoms with Crippen molar-refractivity contribution in [2.24, 2.45) is 7.05 Å². The molecule has 1 aliphatic rings. The van der Waals surface area contributed by atoms with Crippen LogP contribution in [0.5, 0.6) is 0 Å². The number of para-hydroxylation sites is 2. The molecule has 19 heavy (non-hydrogen) atoms. The monoisotopic (exact) mass is 258 g/mol. The second-order valence-corrected chi connectivity index (χ2v) is 4.96. The summed E-state index contributed by atoms with van der Waals surface area (Å²) in [5, 5.41) is 2.91. The lowest BCUT2D eigenvalue weighted by atomic mass is 10.1. The maximum Gasteiger partial charge on any atom is 0.324 e. The van der Waals surface area contributed by atoms with Gasteiger partial charge < -0.3 is 9.47 Å². The van der Waals surface area contributed by atoms with Gasteiger partial charge in [0.15, 0.2) is 0 Å². The molecule has 2 aromatic rings. The first-order valence-electron chi connectivity index (χ1n) is 6.73. The van der Waals surface area contributed by atoms with Crippen LogP contribution in [0, 0.1) is 0 Å². The van der Waals surface area contributed by atoms with E-state index in [1.54, 1.807) is 0 Å². The lowest BCUT2D eigenvalue weighted by molar-refractivity contribution is 0.200. The van der Waals surface area contributed by atoms with Gasteiger partial charge in [-0.05, 0) is 31.4 Å². The molecule has 0 spiro atoms.